The Morgan fingerprint density at radius 1 is 0.906 bits per heavy atom. The summed E-state index contributed by atoms with van der Waals surface area (Å²) in [6, 6.07) is 15.6. The van der Waals surface area contributed by atoms with Gasteiger partial charge in [-0.05, 0) is 72.3 Å². The van der Waals surface area contributed by atoms with Crippen LogP contribution in [0.1, 0.15) is 15.9 Å². The largest absolute Gasteiger partial charge is 0.423 e. The molecule has 0 bridgehead atoms. The van der Waals surface area contributed by atoms with Crippen molar-refractivity contribution in [1.82, 2.24) is 5.43 Å². The highest BCUT2D eigenvalue weighted by molar-refractivity contribution is 6.39. The molecule has 0 saturated heterocycles. The Kier molecular flexibility index (Phi) is 7.54. The Morgan fingerprint density at radius 2 is 1.59 bits per heavy atom. The maximum atomic E-state index is 12.9. The molecular formula is C22H14Cl2FN3O4. The van der Waals surface area contributed by atoms with E-state index in [1.165, 1.54) is 48.7 Å². The van der Waals surface area contributed by atoms with Crippen molar-refractivity contribution >= 4 is 52.9 Å². The number of hydrogen-bond donors (Lipinski definition) is 2. The van der Waals surface area contributed by atoms with Crippen molar-refractivity contribution in [3.8, 4) is 5.75 Å². The van der Waals surface area contributed by atoms with Crippen LogP contribution < -0.4 is 15.5 Å². The first-order valence-corrected chi connectivity index (χ1v) is 9.74. The first-order chi connectivity index (χ1) is 15.3. The third-order valence-corrected chi connectivity index (χ3v) is 4.48. The second-order valence-electron chi connectivity index (χ2n) is 6.24. The maximum Gasteiger partial charge on any atom is 0.345 e. The molecule has 162 valence electrons. The number of anilines is 1. The van der Waals surface area contributed by atoms with Crippen LogP contribution in [0, 0.1) is 5.82 Å². The average molecular weight is 474 g/mol. The molecule has 2 N–H and O–H groups in total. The lowest BCUT2D eigenvalue weighted by atomic mass is 10.2. The zero-order chi connectivity index (χ0) is 23.1. The van der Waals surface area contributed by atoms with Gasteiger partial charge in [0.2, 0.25) is 0 Å². The molecule has 0 aliphatic heterocycles. The van der Waals surface area contributed by atoms with E-state index in [9.17, 15) is 18.8 Å². The first kappa shape index (κ1) is 22.9. The van der Waals surface area contributed by atoms with Crippen LogP contribution in [-0.2, 0) is 9.59 Å². The van der Waals surface area contributed by atoms with Crippen LogP contribution in [0.2, 0.25) is 10.0 Å². The molecule has 2 amide bonds. The number of carbonyl (C=O) groups excluding carboxylic acids is 3. The van der Waals surface area contributed by atoms with E-state index in [1.807, 2.05) is 0 Å². The molecule has 3 rings (SSSR count). The van der Waals surface area contributed by atoms with Gasteiger partial charge in [0.15, 0.2) is 0 Å². The second-order valence-corrected chi connectivity index (χ2v) is 7.09. The Bertz CT molecular complexity index is 1180. The predicted octanol–water partition coefficient (Wildman–Crippen LogP) is 4.44. The Balaban J connectivity index is 1.52. The lowest BCUT2D eigenvalue weighted by Crippen LogP contribution is -2.32. The smallest absolute Gasteiger partial charge is 0.345 e. The molecule has 0 saturated carbocycles. The van der Waals surface area contributed by atoms with Crippen LogP contribution in [0.5, 0.6) is 5.75 Å². The number of benzene rings is 3. The van der Waals surface area contributed by atoms with E-state index >= 15 is 0 Å². The number of nitrogens with one attached hydrogen (secondary N) is 2. The highest BCUT2D eigenvalue weighted by Crippen LogP contribution is 2.23. The minimum absolute atomic E-state index is 0.170. The van der Waals surface area contributed by atoms with Crippen molar-refractivity contribution in [3.05, 3.63) is 93.7 Å². The maximum absolute atomic E-state index is 12.9. The highest BCUT2D eigenvalue weighted by Gasteiger charge is 2.14. The summed E-state index contributed by atoms with van der Waals surface area (Å²) in [5, 5.41) is 6.57. The van der Waals surface area contributed by atoms with Gasteiger partial charge in [-0.3, -0.25) is 9.59 Å². The van der Waals surface area contributed by atoms with Crippen LogP contribution in [-0.4, -0.2) is 24.0 Å². The van der Waals surface area contributed by atoms with Gasteiger partial charge in [0, 0.05) is 10.7 Å². The van der Waals surface area contributed by atoms with E-state index in [4.69, 9.17) is 27.9 Å². The second kappa shape index (κ2) is 10.5. The molecule has 0 atom stereocenters. The van der Waals surface area contributed by atoms with E-state index < -0.39 is 23.6 Å². The van der Waals surface area contributed by atoms with Crippen molar-refractivity contribution in [2.24, 2.45) is 5.10 Å². The summed E-state index contributed by atoms with van der Waals surface area (Å²) >= 11 is 11.8. The summed E-state index contributed by atoms with van der Waals surface area (Å²) in [6.45, 7) is 0. The molecule has 3 aromatic carbocycles. The van der Waals surface area contributed by atoms with Gasteiger partial charge >= 0.3 is 17.8 Å². The minimum atomic E-state index is -1.00. The fraction of sp³-hybridized carbons (Fsp3) is 0. The van der Waals surface area contributed by atoms with Gasteiger partial charge in [0.05, 0.1) is 16.8 Å². The molecule has 7 nitrogen and oxygen atoms in total. The fourth-order valence-electron chi connectivity index (χ4n) is 2.38. The average Bonchev–Trinajstić information content (AvgIpc) is 2.76. The summed E-state index contributed by atoms with van der Waals surface area (Å²) < 4.78 is 18.1. The molecular weight excluding hydrogens is 460 g/mol. The number of halogens is 3. The topological polar surface area (TPSA) is 96.9 Å². The van der Waals surface area contributed by atoms with E-state index in [0.717, 1.165) is 12.1 Å². The van der Waals surface area contributed by atoms with Gasteiger partial charge in [0.25, 0.3) is 0 Å². The SMILES string of the molecule is O=C(N/N=C\c1ccc(OC(=O)c2ccc(Cl)cc2Cl)cc1)C(=O)Nc1ccc(F)cc1. The molecule has 0 aromatic heterocycles. The van der Waals surface area contributed by atoms with E-state index in [-0.39, 0.29) is 22.0 Å². The number of rotatable bonds is 5. The van der Waals surface area contributed by atoms with Crippen LogP contribution in [0.3, 0.4) is 0 Å². The third kappa shape index (κ3) is 6.37. The van der Waals surface area contributed by atoms with E-state index in [1.54, 1.807) is 12.1 Å². The number of hydrogen-bond acceptors (Lipinski definition) is 5. The molecule has 32 heavy (non-hydrogen) atoms. The first-order valence-electron chi connectivity index (χ1n) is 8.99. The van der Waals surface area contributed by atoms with Gasteiger partial charge in [-0.25, -0.2) is 14.6 Å². The predicted molar refractivity (Wildman–Crippen MR) is 119 cm³/mol. The number of esters is 1. The number of hydrazone groups is 1. The monoisotopic (exact) mass is 473 g/mol. The standard InChI is InChI=1S/C22H14Cl2FN3O4/c23-14-3-10-18(19(24)11-14)22(31)32-17-8-1-13(2-9-17)12-26-28-21(30)20(29)27-16-6-4-15(25)5-7-16/h1-12H,(H,27,29)(H,28,30)/b26-12-. The minimum Gasteiger partial charge on any atom is -0.423 e. The van der Waals surface area contributed by atoms with Crippen molar-refractivity contribution in [2.45, 2.75) is 0 Å². The molecule has 0 aliphatic rings. The van der Waals surface area contributed by atoms with Crippen molar-refractivity contribution in [1.29, 1.82) is 0 Å². The lowest BCUT2D eigenvalue weighted by Gasteiger charge is -2.06. The van der Waals surface area contributed by atoms with Crippen LogP contribution >= 0.6 is 23.2 Å². The van der Waals surface area contributed by atoms with Gasteiger partial charge in [-0.1, -0.05) is 23.2 Å². The summed E-state index contributed by atoms with van der Waals surface area (Å²) in [5.41, 5.74) is 3.07. The Hall–Kier alpha value is -3.75. The quantitative estimate of drug-likeness (QED) is 0.188. The zero-order valence-corrected chi connectivity index (χ0v) is 17.7. The molecule has 3 aromatic rings. The van der Waals surface area contributed by atoms with Crippen LogP contribution in [0.15, 0.2) is 71.8 Å². The van der Waals surface area contributed by atoms with Crippen LogP contribution in [0.4, 0.5) is 10.1 Å². The number of carbonyl (C=O) groups is 3. The molecule has 0 heterocycles. The van der Waals surface area contributed by atoms with Crippen molar-refractivity contribution < 1.29 is 23.5 Å². The molecule has 0 radical (unpaired) electrons. The third-order valence-electron chi connectivity index (χ3n) is 3.93. The van der Waals surface area contributed by atoms with Gasteiger partial charge in [0.1, 0.15) is 11.6 Å². The molecule has 10 heteroatoms. The molecule has 0 aliphatic carbocycles. The molecule has 0 unspecified atom stereocenters. The van der Waals surface area contributed by atoms with Crippen molar-refractivity contribution in [3.63, 3.8) is 0 Å². The summed E-state index contributed by atoms with van der Waals surface area (Å²) in [4.78, 5) is 35.8. The Morgan fingerprint density at radius 3 is 2.25 bits per heavy atom. The Labute approximate surface area is 191 Å². The molecule has 0 fully saturated rings. The van der Waals surface area contributed by atoms with Crippen LogP contribution in [0.25, 0.3) is 0 Å². The summed E-state index contributed by atoms with van der Waals surface area (Å²) in [5.74, 6) is -2.81. The normalized spacial score (nSPS) is 10.6. The lowest BCUT2D eigenvalue weighted by molar-refractivity contribution is -0.136. The summed E-state index contributed by atoms with van der Waals surface area (Å²) in [6.07, 6.45) is 1.30. The van der Waals surface area contributed by atoms with Crippen molar-refractivity contribution in [2.75, 3.05) is 5.32 Å². The van der Waals surface area contributed by atoms with E-state index in [2.05, 4.69) is 15.8 Å². The highest BCUT2D eigenvalue weighted by atomic mass is 35.5. The number of ether oxygens (including phenoxy) is 1. The van der Waals surface area contributed by atoms with Gasteiger partial charge < -0.3 is 10.1 Å². The fourth-order valence-corrected chi connectivity index (χ4v) is 2.86. The van der Waals surface area contributed by atoms with E-state index in [0.29, 0.717) is 10.6 Å². The number of amides is 2. The van der Waals surface area contributed by atoms with Gasteiger partial charge in [-0.2, -0.15) is 5.10 Å². The van der Waals surface area contributed by atoms with Gasteiger partial charge in [-0.15, -0.1) is 0 Å². The zero-order valence-electron chi connectivity index (χ0n) is 16.1. The molecule has 0 spiro atoms. The summed E-state index contributed by atoms with van der Waals surface area (Å²) in [7, 11) is 0. The number of nitrogens with zero attached hydrogens (tertiary/aromatic N) is 1.